The number of anilines is 3. The van der Waals surface area contributed by atoms with Crippen molar-refractivity contribution in [1.29, 1.82) is 0 Å². The average molecular weight is 520 g/mol. The van der Waals surface area contributed by atoms with E-state index in [-0.39, 0.29) is 40.6 Å². The number of primary amides is 1. The summed E-state index contributed by atoms with van der Waals surface area (Å²) in [4.78, 5) is 25.4. The number of halogens is 3. The summed E-state index contributed by atoms with van der Waals surface area (Å²) in [7, 11) is 0. The van der Waals surface area contributed by atoms with Crippen LogP contribution in [0.4, 0.5) is 26.4 Å². The number of nitrogens with one attached hydrogen (secondary N) is 2. The Morgan fingerprint density at radius 1 is 1.17 bits per heavy atom. The quantitative estimate of drug-likeness (QED) is 0.437. The van der Waals surface area contributed by atoms with Gasteiger partial charge in [-0.05, 0) is 50.2 Å². The number of nitrogens with zero attached hydrogens (tertiary/aromatic N) is 4. The fourth-order valence-electron chi connectivity index (χ4n) is 5.05. The molecular weight excluding hydrogens is 492 g/mol. The smallest absolute Gasteiger partial charge is 0.224 e. The Balaban J connectivity index is 1.53. The highest BCUT2D eigenvalue weighted by atomic mass is 35.5. The summed E-state index contributed by atoms with van der Waals surface area (Å²) in [5, 5.41) is 6.17. The number of nitrogens with two attached hydrogens (primary N) is 1. The molecule has 192 valence electrons. The van der Waals surface area contributed by atoms with Crippen LogP contribution in [-0.2, 0) is 9.53 Å². The van der Waals surface area contributed by atoms with Gasteiger partial charge in [0.25, 0.3) is 0 Å². The van der Waals surface area contributed by atoms with E-state index < -0.39 is 11.6 Å². The summed E-state index contributed by atoms with van der Waals surface area (Å²) in [6, 6.07) is 2.13. The van der Waals surface area contributed by atoms with Gasteiger partial charge < -0.3 is 21.1 Å². The number of hydrogen-bond donors (Lipinski definition) is 3. The molecule has 1 aliphatic carbocycles. The summed E-state index contributed by atoms with van der Waals surface area (Å²) in [6.07, 6.45) is 4.93. The van der Waals surface area contributed by atoms with Crippen molar-refractivity contribution in [2.45, 2.75) is 51.1 Å². The first-order valence-electron chi connectivity index (χ1n) is 12.1. The van der Waals surface area contributed by atoms with E-state index in [2.05, 4.69) is 27.5 Å². The van der Waals surface area contributed by atoms with Crippen LogP contribution in [0.5, 0.6) is 0 Å². The van der Waals surface area contributed by atoms with Crippen LogP contribution >= 0.6 is 11.6 Å². The van der Waals surface area contributed by atoms with E-state index in [0.717, 1.165) is 18.6 Å². The molecule has 9 nitrogen and oxygen atoms in total. The number of benzene rings is 1. The molecule has 1 saturated carbocycles. The SMILES string of the molecule is C[C@@H]1COCC[C@H]1Nc1ncc2nc(Nc3c(F)cc(Cl)cc3F)n(C3CCC(C(N)=O)CC3)c2n1. The molecule has 2 atom stereocenters. The number of carbonyl (C=O) groups is 1. The molecule has 12 heteroatoms. The predicted octanol–water partition coefficient (Wildman–Crippen LogP) is 4.56. The van der Waals surface area contributed by atoms with Crippen molar-refractivity contribution in [3.63, 3.8) is 0 Å². The molecule has 0 unspecified atom stereocenters. The van der Waals surface area contributed by atoms with Crippen LogP contribution in [-0.4, -0.2) is 44.7 Å². The van der Waals surface area contributed by atoms with E-state index >= 15 is 0 Å². The Morgan fingerprint density at radius 2 is 1.89 bits per heavy atom. The van der Waals surface area contributed by atoms with Crippen molar-refractivity contribution in [2.24, 2.45) is 17.6 Å². The zero-order valence-electron chi connectivity index (χ0n) is 19.8. The molecule has 0 bridgehead atoms. The van der Waals surface area contributed by atoms with Crippen molar-refractivity contribution in [3.8, 4) is 0 Å². The minimum absolute atomic E-state index is 0.0437. The third-order valence-corrected chi connectivity index (χ3v) is 7.31. The molecule has 5 rings (SSSR count). The van der Waals surface area contributed by atoms with Gasteiger partial charge in [-0.2, -0.15) is 4.98 Å². The third-order valence-electron chi connectivity index (χ3n) is 7.10. The Kier molecular flexibility index (Phi) is 6.94. The molecule has 2 aromatic heterocycles. The Morgan fingerprint density at radius 3 is 2.56 bits per heavy atom. The Hall–Kier alpha value is -3.05. The summed E-state index contributed by atoms with van der Waals surface area (Å²) >= 11 is 5.79. The lowest BCUT2D eigenvalue weighted by atomic mass is 9.85. The highest BCUT2D eigenvalue weighted by molar-refractivity contribution is 6.30. The standard InChI is InChI=1S/C24H28ClF2N7O2/c1-12-11-36-7-6-18(12)30-23-29-10-19-22(33-23)34(15-4-2-13(3-5-15)21(28)35)24(31-19)32-20-16(26)8-14(25)9-17(20)27/h8-10,12-13,15,18H,2-7,11H2,1H3,(H2,28,35)(H,31,32)(H,29,30,33)/t12-,13?,15?,18-/m1/s1. The van der Waals surface area contributed by atoms with Gasteiger partial charge >= 0.3 is 0 Å². The summed E-state index contributed by atoms with van der Waals surface area (Å²) in [6.45, 7) is 3.43. The van der Waals surface area contributed by atoms with Gasteiger partial charge in [0.15, 0.2) is 17.3 Å². The first kappa shape index (κ1) is 24.6. The summed E-state index contributed by atoms with van der Waals surface area (Å²) in [5.74, 6) is -1.20. The molecule has 1 amide bonds. The van der Waals surface area contributed by atoms with E-state index in [4.69, 9.17) is 27.1 Å². The molecule has 36 heavy (non-hydrogen) atoms. The van der Waals surface area contributed by atoms with Gasteiger partial charge in [-0.25, -0.2) is 18.7 Å². The number of fused-ring (bicyclic) bond motifs is 1. The minimum Gasteiger partial charge on any atom is -0.381 e. The largest absolute Gasteiger partial charge is 0.381 e. The van der Waals surface area contributed by atoms with Crippen molar-refractivity contribution >= 4 is 46.3 Å². The van der Waals surface area contributed by atoms with E-state index in [1.165, 1.54) is 0 Å². The highest BCUT2D eigenvalue weighted by Gasteiger charge is 2.30. The molecule has 1 aromatic carbocycles. The molecule has 3 aromatic rings. The summed E-state index contributed by atoms with van der Waals surface area (Å²) in [5.41, 5.74) is 6.18. The third kappa shape index (κ3) is 4.94. The number of aromatic nitrogens is 4. The Labute approximate surface area is 211 Å². The first-order chi connectivity index (χ1) is 17.3. The Bertz CT molecular complexity index is 1260. The van der Waals surface area contributed by atoms with E-state index in [9.17, 15) is 13.6 Å². The van der Waals surface area contributed by atoms with Gasteiger partial charge in [-0.1, -0.05) is 18.5 Å². The number of hydrogen-bond acceptors (Lipinski definition) is 7. The van der Waals surface area contributed by atoms with Gasteiger partial charge in [0.05, 0.1) is 12.8 Å². The normalized spacial score (nSPS) is 24.6. The minimum atomic E-state index is -0.835. The van der Waals surface area contributed by atoms with Crippen LogP contribution in [0.15, 0.2) is 18.3 Å². The van der Waals surface area contributed by atoms with Crippen molar-refractivity contribution in [3.05, 3.63) is 35.0 Å². The maximum atomic E-state index is 14.6. The zero-order chi connectivity index (χ0) is 25.4. The maximum absolute atomic E-state index is 14.6. The molecule has 1 saturated heterocycles. The second-order valence-corrected chi connectivity index (χ2v) is 10.0. The lowest BCUT2D eigenvalue weighted by Gasteiger charge is -2.30. The molecule has 4 N–H and O–H groups in total. The van der Waals surface area contributed by atoms with Gasteiger partial charge in [0.1, 0.15) is 11.2 Å². The lowest BCUT2D eigenvalue weighted by Crippen LogP contribution is -2.36. The topological polar surface area (TPSA) is 120 Å². The second-order valence-electron chi connectivity index (χ2n) is 9.58. The molecule has 2 fully saturated rings. The van der Waals surface area contributed by atoms with Crippen LogP contribution in [0, 0.1) is 23.5 Å². The molecule has 0 radical (unpaired) electrons. The van der Waals surface area contributed by atoms with Gasteiger partial charge in [0, 0.05) is 29.6 Å². The molecule has 3 heterocycles. The van der Waals surface area contributed by atoms with Crippen molar-refractivity contribution in [1.82, 2.24) is 19.5 Å². The number of carbonyl (C=O) groups excluding carboxylic acids is 1. The molecule has 0 spiro atoms. The van der Waals surface area contributed by atoms with Crippen molar-refractivity contribution in [2.75, 3.05) is 23.8 Å². The highest BCUT2D eigenvalue weighted by Crippen LogP contribution is 2.38. The van der Waals surface area contributed by atoms with E-state index in [1.807, 2.05) is 4.57 Å². The molecule has 2 aliphatic rings. The second kappa shape index (κ2) is 10.1. The van der Waals surface area contributed by atoms with Gasteiger partial charge in [-0.15, -0.1) is 0 Å². The molecule has 1 aliphatic heterocycles. The monoisotopic (exact) mass is 519 g/mol. The maximum Gasteiger partial charge on any atom is 0.224 e. The first-order valence-corrected chi connectivity index (χ1v) is 12.5. The lowest BCUT2D eigenvalue weighted by molar-refractivity contribution is -0.122. The van der Waals surface area contributed by atoms with Crippen LogP contribution < -0.4 is 16.4 Å². The number of ether oxygens (including phenoxy) is 1. The van der Waals surface area contributed by atoms with Crippen LogP contribution in [0.3, 0.4) is 0 Å². The fraction of sp³-hybridized carbons (Fsp3) is 0.500. The van der Waals surface area contributed by atoms with Crippen LogP contribution in [0.2, 0.25) is 5.02 Å². The van der Waals surface area contributed by atoms with Crippen molar-refractivity contribution < 1.29 is 18.3 Å². The number of imidazole rings is 1. The van der Waals surface area contributed by atoms with E-state index in [0.29, 0.717) is 61.9 Å². The van der Waals surface area contributed by atoms with Crippen LogP contribution in [0.25, 0.3) is 11.2 Å². The zero-order valence-corrected chi connectivity index (χ0v) is 20.6. The van der Waals surface area contributed by atoms with Crippen LogP contribution in [0.1, 0.15) is 45.1 Å². The van der Waals surface area contributed by atoms with E-state index in [1.54, 1.807) is 6.20 Å². The van der Waals surface area contributed by atoms with Gasteiger partial charge in [0.2, 0.25) is 17.8 Å². The van der Waals surface area contributed by atoms with Gasteiger partial charge in [-0.3, -0.25) is 9.36 Å². The molecular formula is C24H28ClF2N7O2. The number of amides is 1. The predicted molar refractivity (Wildman–Crippen MR) is 132 cm³/mol. The average Bonchev–Trinajstić information content (AvgIpc) is 3.20. The summed E-state index contributed by atoms with van der Waals surface area (Å²) < 4.78 is 36.6. The fourth-order valence-corrected chi connectivity index (χ4v) is 5.24. The number of rotatable bonds is 6.